The third-order valence-electron chi connectivity index (χ3n) is 2.43. The molecule has 0 aliphatic carbocycles. The molecular formula is C9H17N5S. The first kappa shape index (κ1) is 10.9. The number of rotatable bonds is 4. The van der Waals surface area contributed by atoms with E-state index in [4.69, 9.17) is 5.73 Å². The summed E-state index contributed by atoms with van der Waals surface area (Å²) < 4.78 is 1.81. The van der Waals surface area contributed by atoms with Crippen molar-refractivity contribution in [2.45, 2.75) is 13.1 Å². The average molecular weight is 227 g/mol. The summed E-state index contributed by atoms with van der Waals surface area (Å²) in [6.45, 7) is 4.61. The van der Waals surface area contributed by atoms with E-state index >= 15 is 0 Å². The van der Waals surface area contributed by atoms with Gasteiger partial charge in [0.25, 0.3) is 0 Å². The second-order valence-corrected chi connectivity index (χ2v) is 4.87. The number of hydrogen-bond acceptors (Lipinski definition) is 5. The zero-order valence-corrected chi connectivity index (χ0v) is 9.62. The molecule has 2 heterocycles. The molecule has 2 rings (SSSR count). The van der Waals surface area contributed by atoms with Crippen LogP contribution in [0.2, 0.25) is 0 Å². The number of nitrogens with two attached hydrogens (primary N) is 1. The maximum atomic E-state index is 5.45. The third kappa shape index (κ3) is 3.19. The Morgan fingerprint density at radius 3 is 2.93 bits per heavy atom. The molecule has 0 radical (unpaired) electrons. The molecular weight excluding hydrogens is 210 g/mol. The maximum Gasteiger partial charge on any atom is 0.0967 e. The first-order valence-corrected chi connectivity index (χ1v) is 6.43. The van der Waals surface area contributed by atoms with Crippen LogP contribution in [0.1, 0.15) is 5.69 Å². The fourth-order valence-corrected chi connectivity index (χ4v) is 2.62. The van der Waals surface area contributed by atoms with Crippen molar-refractivity contribution in [2.75, 3.05) is 31.1 Å². The molecule has 2 N–H and O–H groups in total. The van der Waals surface area contributed by atoms with Crippen molar-refractivity contribution < 1.29 is 0 Å². The third-order valence-corrected chi connectivity index (χ3v) is 3.38. The van der Waals surface area contributed by atoms with Crippen LogP contribution in [0.3, 0.4) is 0 Å². The van der Waals surface area contributed by atoms with E-state index in [0.29, 0.717) is 6.54 Å². The molecule has 1 fully saturated rings. The standard InChI is InChI=1S/C9H17N5S/c10-1-2-14-8-9(11-12-14)7-13-3-5-15-6-4-13/h8H,1-7,10H2. The minimum absolute atomic E-state index is 0.614. The van der Waals surface area contributed by atoms with Gasteiger partial charge in [0, 0.05) is 43.9 Å². The van der Waals surface area contributed by atoms with Crippen molar-refractivity contribution in [3.8, 4) is 0 Å². The molecule has 0 saturated carbocycles. The highest BCUT2D eigenvalue weighted by molar-refractivity contribution is 7.99. The van der Waals surface area contributed by atoms with Crippen molar-refractivity contribution >= 4 is 11.8 Å². The van der Waals surface area contributed by atoms with E-state index in [-0.39, 0.29) is 0 Å². The quantitative estimate of drug-likeness (QED) is 0.771. The second-order valence-electron chi connectivity index (χ2n) is 3.65. The number of nitrogens with zero attached hydrogens (tertiary/aromatic N) is 4. The van der Waals surface area contributed by atoms with Crippen LogP contribution in [-0.4, -0.2) is 51.0 Å². The van der Waals surface area contributed by atoms with Gasteiger partial charge in [-0.3, -0.25) is 9.58 Å². The average Bonchev–Trinajstić information content (AvgIpc) is 2.68. The molecule has 0 spiro atoms. The summed E-state index contributed by atoms with van der Waals surface area (Å²) in [6, 6.07) is 0. The lowest BCUT2D eigenvalue weighted by Crippen LogP contribution is -2.32. The van der Waals surface area contributed by atoms with Gasteiger partial charge in [-0.05, 0) is 0 Å². The van der Waals surface area contributed by atoms with Gasteiger partial charge in [-0.25, -0.2) is 0 Å². The van der Waals surface area contributed by atoms with Crippen molar-refractivity contribution in [3.05, 3.63) is 11.9 Å². The smallest absolute Gasteiger partial charge is 0.0967 e. The zero-order chi connectivity index (χ0) is 10.5. The van der Waals surface area contributed by atoms with Crippen molar-refractivity contribution in [2.24, 2.45) is 5.73 Å². The minimum Gasteiger partial charge on any atom is -0.329 e. The molecule has 0 aromatic carbocycles. The molecule has 6 heteroatoms. The summed E-state index contributed by atoms with van der Waals surface area (Å²) in [5, 5.41) is 8.16. The number of aromatic nitrogens is 3. The lowest BCUT2D eigenvalue weighted by molar-refractivity contribution is 0.291. The highest BCUT2D eigenvalue weighted by Gasteiger charge is 2.12. The SMILES string of the molecule is NCCn1cc(CN2CCSCC2)nn1. The minimum atomic E-state index is 0.614. The Morgan fingerprint density at radius 1 is 1.40 bits per heavy atom. The van der Waals surface area contributed by atoms with Crippen LogP contribution in [0, 0.1) is 0 Å². The molecule has 0 unspecified atom stereocenters. The van der Waals surface area contributed by atoms with E-state index in [2.05, 4.69) is 15.2 Å². The summed E-state index contributed by atoms with van der Waals surface area (Å²) in [5.74, 6) is 2.47. The van der Waals surface area contributed by atoms with Gasteiger partial charge in [0.2, 0.25) is 0 Å². The number of thioether (sulfide) groups is 1. The largest absolute Gasteiger partial charge is 0.329 e. The van der Waals surface area contributed by atoms with Gasteiger partial charge in [-0.1, -0.05) is 5.21 Å². The van der Waals surface area contributed by atoms with Crippen LogP contribution in [0.4, 0.5) is 0 Å². The van der Waals surface area contributed by atoms with Crippen molar-refractivity contribution in [1.82, 2.24) is 19.9 Å². The zero-order valence-electron chi connectivity index (χ0n) is 8.80. The van der Waals surface area contributed by atoms with Crippen LogP contribution < -0.4 is 5.73 Å². The lowest BCUT2D eigenvalue weighted by atomic mass is 10.4. The Hall–Kier alpha value is -0.590. The van der Waals surface area contributed by atoms with Gasteiger partial charge in [-0.2, -0.15) is 11.8 Å². The van der Waals surface area contributed by atoms with E-state index in [1.807, 2.05) is 22.6 Å². The topological polar surface area (TPSA) is 60.0 Å². The van der Waals surface area contributed by atoms with Crippen LogP contribution >= 0.6 is 11.8 Å². The Labute approximate surface area is 94.0 Å². The molecule has 1 aliphatic rings. The van der Waals surface area contributed by atoms with Gasteiger partial charge >= 0.3 is 0 Å². The van der Waals surface area contributed by atoms with Gasteiger partial charge in [0.05, 0.1) is 12.2 Å². The molecule has 15 heavy (non-hydrogen) atoms. The predicted molar refractivity (Wildman–Crippen MR) is 61.7 cm³/mol. The molecule has 5 nitrogen and oxygen atoms in total. The molecule has 1 aromatic heterocycles. The van der Waals surface area contributed by atoms with E-state index in [1.54, 1.807) is 0 Å². The van der Waals surface area contributed by atoms with Crippen LogP contribution in [-0.2, 0) is 13.1 Å². The summed E-state index contributed by atoms with van der Waals surface area (Å²) in [6.07, 6.45) is 1.99. The van der Waals surface area contributed by atoms with Gasteiger partial charge in [-0.15, -0.1) is 5.10 Å². The van der Waals surface area contributed by atoms with Crippen LogP contribution in [0.25, 0.3) is 0 Å². The molecule has 1 aromatic rings. The highest BCUT2D eigenvalue weighted by atomic mass is 32.2. The molecule has 0 atom stereocenters. The molecule has 1 saturated heterocycles. The molecule has 0 amide bonds. The van der Waals surface area contributed by atoms with Crippen molar-refractivity contribution in [3.63, 3.8) is 0 Å². The number of hydrogen-bond donors (Lipinski definition) is 1. The lowest BCUT2D eigenvalue weighted by Gasteiger charge is -2.24. The van der Waals surface area contributed by atoms with Crippen LogP contribution in [0.5, 0.6) is 0 Å². The second kappa shape index (κ2) is 5.48. The monoisotopic (exact) mass is 227 g/mol. The normalized spacial score (nSPS) is 18.2. The van der Waals surface area contributed by atoms with Crippen molar-refractivity contribution in [1.29, 1.82) is 0 Å². The first-order chi connectivity index (χ1) is 7.38. The fourth-order valence-electron chi connectivity index (χ4n) is 1.64. The maximum absolute atomic E-state index is 5.45. The van der Waals surface area contributed by atoms with Gasteiger partial charge in [0.1, 0.15) is 0 Å². The highest BCUT2D eigenvalue weighted by Crippen LogP contribution is 2.11. The van der Waals surface area contributed by atoms with Gasteiger partial charge < -0.3 is 5.73 Å². The summed E-state index contributed by atoms with van der Waals surface area (Å²) >= 11 is 2.02. The Morgan fingerprint density at radius 2 is 2.20 bits per heavy atom. The Bertz CT molecular complexity index is 294. The van der Waals surface area contributed by atoms with E-state index in [9.17, 15) is 0 Å². The molecule has 1 aliphatic heterocycles. The summed E-state index contributed by atoms with van der Waals surface area (Å²) in [4.78, 5) is 2.42. The van der Waals surface area contributed by atoms with Crippen LogP contribution in [0.15, 0.2) is 6.20 Å². The van der Waals surface area contributed by atoms with E-state index in [1.165, 1.54) is 11.5 Å². The molecule has 84 valence electrons. The first-order valence-electron chi connectivity index (χ1n) is 5.27. The fraction of sp³-hybridized carbons (Fsp3) is 0.778. The summed E-state index contributed by atoms with van der Waals surface area (Å²) in [5.41, 5.74) is 6.50. The molecule has 0 bridgehead atoms. The van der Waals surface area contributed by atoms with Gasteiger partial charge in [0.15, 0.2) is 0 Å². The van der Waals surface area contributed by atoms with E-state index < -0.39 is 0 Å². The predicted octanol–water partition coefficient (Wildman–Crippen LogP) is -0.214. The summed E-state index contributed by atoms with van der Waals surface area (Å²) in [7, 11) is 0. The van der Waals surface area contributed by atoms with E-state index in [0.717, 1.165) is 31.9 Å². The Balaban J connectivity index is 1.86. The Kier molecular flexibility index (Phi) is 3.99.